The van der Waals surface area contributed by atoms with E-state index in [0.29, 0.717) is 12.3 Å². The molecule has 25 heavy (non-hydrogen) atoms. The van der Waals surface area contributed by atoms with Gasteiger partial charge >= 0.3 is 0 Å². The van der Waals surface area contributed by atoms with Crippen LogP contribution < -0.4 is 5.32 Å². The number of nitrogens with zero attached hydrogens (tertiary/aromatic N) is 2. The number of carbonyl (C=O) groups excluding carboxylic acids is 1. The highest BCUT2D eigenvalue weighted by Crippen LogP contribution is 2.30. The summed E-state index contributed by atoms with van der Waals surface area (Å²) >= 11 is 1.73. The molecule has 1 amide bonds. The van der Waals surface area contributed by atoms with E-state index in [1.165, 1.54) is 10.3 Å². The normalized spacial score (nSPS) is 17.4. The quantitative estimate of drug-likeness (QED) is 0.728. The highest BCUT2D eigenvalue weighted by Gasteiger charge is 2.30. The summed E-state index contributed by atoms with van der Waals surface area (Å²) in [6.45, 7) is 8.24. The van der Waals surface area contributed by atoms with E-state index < -0.39 is 0 Å². The summed E-state index contributed by atoms with van der Waals surface area (Å²) < 4.78 is 1.32. The number of amides is 1. The molecule has 1 aliphatic rings. The Balaban J connectivity index is 1.29. The van der Waals surface area contributed by atoms with Crippen LogP contribution in [0.5, 0.6) is 0 Å². The highest BCUT2D eigenvalue weighted by atomic mass is 32.1. The third kappa shape index (κ3) is 5.02. The molecule has 1 N–H and O–H groups in total. The summed E-state index contributed by atoms with van der Waals surface area (Å²) in [5, 5.41) is 3.53. The molecule has 0 saturated carbocycles. The molecular formula is C20H29N3OS. The largest absolute Gasteiger partial charge is 0.343 e. The van der Waals surface area contributed by atoms with Gasteiger partial charge in [0.15, 0.2) is 0 Å². The van der Waals surface area contributed by atoms with Crippen molar-refractivity contribution < 1.29 is 4.79 Å². The third-order valence-electron chi connectivity index (χ3n) is 5.08. The van der Waals surface area contributed by atoms with E-state index in [1.807, 2.05) is 5.51 Å². The van der Waals surface area contributed by atoms with Crippen molar-refractivity contribution in [3.63, 3.8) is 0 Å². The van der Waals surface area contributed by atoms with Crippen LogP contribution in [0.15, 0.2) is 23.7 Å². The average Bonchev–Trinajstić information content (AvgIpc) is 3.04. The molecule has 1 aromatic carbocycles. The lowest BCUT2D eigenvalue weighted by Crippen LogP contribution is -2.42. The van der Waals surface area contributed by atoms with Gasteiger partial charge in [0.1, 0.15) is 0 Å². The van der Waals surface area contributed by atoms with Crippen LogP contribution in [0.1, 0.15) is 45.1 Å². The Morgan fingerprint density at radius 3 is 3.00 bits per heavy atom. The number of benzene rings is 1. The zero-order valence-corrected chi connectivity index (χ0v) is 16.2. The maximum absolute atomic E-state index is 12.1. The number of fused-ring (bicyclic) bond motifs is 1. The lowest BCUT2D eigenvalue weighted by atomic mass is 9.82. The number of thiazole rings is 1. The van der Waals surface area contributed by atoms with Crippen molar-refractivity contribution in [3.05, 3.63) is 29.3 Å². The van der Waals surface area contributed by atoms with Gasteiger partial charge in [-0.3, -0.25) is 4.79 Å². The Bertz CT molecular complexity index is 710. The van der Waals surface area contributed by atoms with Crippen LogP contribution in [-0.4, -0.2) is 42.0 Å². The summed E-state index contributed by atoms with van der Waals surface area (Å²) in [5.41, 5.74) is 4.60. The van der Waals surface area contributed by atoms with E-state index in [9.17, 15) is 4.79 Å². The molecule has 1 saturated heterocycles. The lowest BCUT2D eigenvalue weighted by Gasteiger charge is -2.36. The minimum absolute atomic E-state index is 0.191. The molecule has 0 bridgehead atoms. The first-order valence-electron chi connectivity index (χ1n) is 9.35. The summed E-state index contributed by atoms with van der Waals surface area (Å²) in [5.74, 6) is 0.335. The minimum Gasteiger partial charge on any atom is -0.343 e. The Morgan fingerprint density at radius 2 is 2.16 bits per heavy atom. The molecule has 0 spiro atoms. The molecule has 4 nitrogen and oxygen atoms in total. The standard InChI is InChI=1S/C20H29N3OS/c1-20(2)9-13-23(18(24)14-20)12-4-3-10-21-11-8-16-6-5-7-17-19(16)25-15-22-17/h5-7,15,21H,3-4,8-14H2,1-2H3. The van der Waals surface area contributed by atoms with Crippen LogP contribution in [0.25, 0.3) is 10.2 Å². The SMILES string of the molecule is CC1(C)CCN(CCCCNCCc2cccc3ncsc23)C(=O)C1. The molecule has 3 rings (SSSR count). The smallest absolute Gasteiger partial charge is 0.223 e. The summed E-state index contributed by atoms with van der Waals surface area (Å²) in [6.07, 6.45) is 5.08. The van der Waals surface area contributed by atoms with Gasteiger partial charge in [-0.25, -0.2) is 4.98 Å². The second-order valence-electron chi connectivity index (χ2n) is 7.80. The lowest BCUT2D eigenvalue weighted by molar-refractivity contribution is -0.137. The van der Waals surface area contributed by atoms with Crippen molar-refractivity contribution >= 4 is 27.5 Å². The van der Waals surface area contributed by atoms with Gasteiger partial charge in [-0.1, -0.05) is 26.0 Å². The summed E-state index contributed by atoms with van der Waals surface area (Å²) in [6, 6.07) is 6.37. The van der Waals surface area contributed by atoms with Crippen LogP contribution in [0.2, 0.25) is 0 Å². The zero-order chi connectivity index (χ0) is 17.7. The molecule has 1 aliphatic heterocycles. The number of rotatable bonds is 8. The fourth-order valence-corrected chi connectivity index (χ4v) is 4.29. The van der Waals surface area contributed by atoms with Crippen molar-refractivity contribution in [3.8, 4) is 0 Å². The van der Waals surface area contributed by atoms with Gasteiger partial charge in [-0.15, -0.1) is 11.3 Å². The van der Waals surface area contributed by atoms with Crippen molar-refractivity contribution in [1.29, 1.82) is 0 Å². The average molecular weight is 360 g/mol. The molecule has 0 atom stereocenters. The van der Waals surface area contributed by atoms with E-state index in [1.54, 1.807) is 11.3 Å². The maximum atomic E-state index is 12.1. The van der Waals surface area contributed by atoms with Crippen LogP contribution in [-0.2, 0) is 11.2 Å². The number of hydrogen-bond donors (Lipinski definition) is 1. The first kappa shape index (κ1) is 18.3. The summed E-state index contributed by atoms with van der Waals surface area (Å²) in [7, 11) is 0. The molecule has 136 valence electrons. The number of carbonyl (C=O) groups is 1. The van der Waals surface area contributed by atoms with Crippen molar-refractivity contribution in [2.75, 3.05) is 26.2 Å². The molecule has 0 aliphatic carbocycles. The number of unbranched alkanes of at least 4 members (excludes halogenated alkanes) is 1. The van der Waals surface area contributed by atoms with Gasteiger partial charge in [0.05, 0.1) is 15.7 Å². The molecule has 1 aromatic heterocycles. The van der Waals surface area contributed by atoms with Gasteiger partial charge in [0, 0.05) is 19.5 Å². The van der Waals surface area contributed by atoms with Crippen molar-refractivity contribution in [2.45, 2.75) is 46.0 Å². The Hall–Kier alpha value is -1.46. The van der Waals surface area contributed by atoms with Crippen molar-refractivity contribution in [1.82, 2.24) is 15.2 Å². The summed E-state index contributed by atoms with van der Waals surface area (Å²) in [4.78, 5) is 18.5. The van der Waals surface area contributed by atoms with E-state index in [4.69, 9.17) is 0 Å². The van der Waals surface area contributed by atoms with Gasteiger partial charge in [0.25, 0.3) is 0 Å². The monoisotopic (exact) mass is 359 g/mol. The molecule has 0 radical (unpaired) electrons. The number of piperidine rings is 1. The highest BCUT2D eigenvalue weighted by molar-refractivity contribution is 7.16. The number of likely N-dealkylation sites (tertiary alicyclic amines) is 1. The third-order valence-corrected chi connectivity index (χ3v) is 6.00. The number of hydrogen-bond acceptors (Lipinski definition) is 4. The number of nitrogens with one attached hydrogen (secondary N) is 1. The molecule has 2 aromatic rings. The fourth-order valence-electron chi connectivity index (χ4n) is 3.45. The first-order chi connectivity index (χ1) is 12.1. The zero-order valence-electron chi connectivity index (χ0n) is 15.4. The van der Waals surface area contributed by atoms with Crippen molar-refractivity contribution in [2.24, 2.45) is 5.41 Å². The van der Waals surface area contributed by atoms with E-state index in [2.05, 4.69) is 47.2 Å². The Kier molecular flexibility index (Phi) is 6.07. The van der Waals surface area contributed by atoms with Crippen LogP contribution in [0, 0.1) is 5.41 Å². The number of aromatic nitrogens is 1. The first-order valence-corrected chi connectivity index (χ1v) is 10.2. The van der Waals surface area contributed by atoms with Gasteiger partial charge < -0.3 is 10.2 Å². The van der Waals surface area contributed by atoms with Crippen LogP contribution >= 0.6 is 11.3 Å². The molecule has 2 heterocycles. The van der Waals surface area contributed by atoms with E-state index in [0.717, 1.165) is 57.4 Å². The van der Waals surface area contributed by atoms with Gasteiger partial charge in [0.2, 0.25) is 5.91 Å². The predicted octanol–water partition coefficient (Wildman–Crippen LogP) is 3.86. The molecular weight excluding hydrogens is 330 g/mol. The molecule has 0 unspecified atom stereocenters. The minimum atomic E-state index is 0.191. The fraction of sp³-hybridized carbons (Fsp3) is 0.600. The second-order valence-corrected chi connectivity index (χ2v) is 8.65. The van der Waals surface area contributed by atoms with Gasteiger partial charge in [-0.2, -0.15) is 0 Å². The van der Waals surface area contributed by atoms with Gasteiger partial charge in [-0.05, 0) is 55.8 Å². The van der Waals surface area contributed by atoms with Crippen LogP contribution in [0.4, 0.5) is 0 Å². The topological polar surface area (TPSA) is 45.2 Å². The predicted molar refractivity (Wildman–Crippen MR) is 105 cm³/mol. The van der Waals surface area contributed by atoms with E-state index in [-0.39, 0.29) is 5.41 Å². The van der Waals surface area contributed by atoms with Crippen LogP contribution in [0.3, 0.4) is 0 Å². The second kappa shape index (κ2) is 8.28. The van der Waals surface area contributed by atoms with E-state index >= 15 is 0 Å². The Labute approximate surface area is 154 Å². The maximum Gasteiger partial charge on any atom is 0.223 e. The molecule has 5 heteroatoms. The molecule has 1 fully saturated rings. The Morgan fingerprint density at radius 1 is 1.28 bits per heavy atom.